The molecule has 142 valence electrons. The molecular formula is C18H15N5O4S. The van der Waals surface area contributed by atoms with Crippen molar-refractivity contribution in [3.8, 4) is 6.07 Å². The summed E-state index contributed by atoms with van der Waals surface area (Å²) in [4.78, 5) is 37.0. The number of carbonyl (C=O) groups excluding carboxylic acids is 1. The quantitative estimate of drug-likeness (QED) is 0.188. The van der Waals surface area contributed by atoms with Gasteiger partial charge in [0.15, 0.2) is 11.0 Å². The molecule has 0 radical (unpaired) electrons. The van der Waals surface area contributed by atoms with Gasteiger partial charge in [0.2, 0.25) is 0 Å². The van der Waals surface area contributed by atoms with E-state index in [2.05, 4.69) is 24.7 Å². The molecule has 0 unspecified atom stereocenters. The van der Waals surface area contributed by atoms with Gasteiger partial charge in [-0.2, -0.15) is 5.26 Å². The molecule has 0 aliphatic rings. The molecule has 1 aromatic carbocycles. The minimum atomic E-state index is -0.520. The van der Waals surface area contributed by atoms with Gasteiger partial charge in [-0.15, -0.1) is 0 Å². The summed E-state index contributed by atoms with van der Waals surface area (Å²) < 4.78 is 4.56. The summed E-state index contributed by atoms with van der Waals surface area (Å²) in [5, 5.41) is 20.0. The van der Waals surface area contributed by atoms with E-state index in [4.69, 9.17) is 0 Å². The summed E-state index contributed by atoms with van der Waals surface area (Å²) in [6.45, 7) is 0. The van der Waals surface area contributed by atoms with Crippen LogP contribution in [0.3, 0.4) is 0 Å². The van der Waals surface area contributed by atoms with Crippen LogP contribution in [0.15, 0.2) is 46.0 Å². The standard InChI is InChI=1S/C18H15N5O4S/c1-27-16(26)7-10-6-15(25)23-18(20-10)28-9-14(24)11(8-19)17-21-12-4-2-3-5-13(12)22-17/h2-6,24H,7,9H2,1H3,(H,21,22)(H,20,23,25)/b14-11-. The number of H-pyrrole nitrogens is 2. The van der Waals surface area contributed by atoms with Crippen LogP contribution < -0.4 is 5.56 Å². The highest BCUT2D eigenvalue weighted by atomic mass is 32.2. The molecule has 3 N–H and O–H groups in total. The molecule has 10 heteroatoms. The van der Waals surface area contributed by atoms with Crippen molar-refractivity contribution in [2.24, 2.45) is 0 Å². The molecule has 0 spiro atoms. The van der Waals surface area contributed by atoms with E-state index in [1.54, 1.807) is 6.07 Å². The van der Waals surface area contributed by atoms with Gasteiger partial charge in [-0.25, -0.2) is 9.97 Å². The Balaban J connectivity index is 1.81. The lowest BCUT2D eigenvalue weighted by Gasteiger charge is -2.04. The summed E-state index contributed by atoms with van der Waals surface area (Å²) in [5.41, 5.74) is 1.23. The number of hydrogen-bond acceptors (Lipinski definition) is 8. The second kappa shape index (κ2) is 8.41. The molecule has 0 saturated carbocycles. The maximum Gasteiger partial charge on any atom is 0.311 e. The number of thioether (sulfide) groups is 1. The van der Waals surface area contributed by atoms with Crippen molar-refractivity contribution < 1.29 is 14.6 Å². The van der Waals surface area contributed by atoms with Gasteiger partial charge < -0.3 is 19.8 Å². The molecular weight excluding hydrogens is 382 g/mol. The molecule has 0 fully saturated rings. The van der Waals surface area contributed by atoms with E-state index >= 15 is 0 Å². The van der Waals surface area contributed by atoms with Crippen LogP contribution in [0.4, 0.5) is 0 Å². The fourth-order valence-corrected chi connectivity index (χ4v) is 3.17. The van der Waals surface area contributed by atoms with Gasteiger partial charge in [0.1, 0.15) is 17.4 Å². The van der Waals surface area contributed by atoms with Gasteiger partial charge >= 0.3 is 5.97 Å². The first-order valence-corrected chi connectivity index (χ1v) is 9.06. The highest BCUT2D eigenvalue weighted by Crippen LogP contribution is 2.22. The largest absolute Gasteiger partial charge is 0.510 e. The molecule has 0 saturated heterocycles. The minimum Gasteiger partial charge on any atom is -0.510 e. The molecule has 3 rings (SSSR count). The van der Waals surface area contributed by atoms with E-state index in [9.17, 15) is 20.0 Å². The number of methoxy groups -OCH3 is 1. The smallest absolute Gasteiger partial charge is 0.311 e. The number of fused-ring (bicyclic) bond motifs is 1. The number of esters is 1. The Hall–Kier alpha value is -3.58. The number of ether oxygens (including phenoxy) is 1. The second-order valence-corrected chi connectivity index (χ2v) is 6.58. The van der Waals surface area contributed by atoms with Crippen molar-refractivity contribution in [3.05, 3.63) is 58.0 Å². The third-order valence-electron chi connectivity index (χ3n) is 3.70. The fourth-order valence-electron chi connectivity index (χ4n) is 2.40. The minimum absolute atomic E-state index is 0.00300. The molecule has 2 aromatic heterocycles. The molecule has 2 heterocycles. The lowest BCUT2D eigenvalue weighted by atomic mass is 10.2. The molecule has 9 nitrogen and oxygen atoms in total. The van der Waals surface area contributed by atoms with Gasteiger partial charge in [-0.1, -0.05) is 23.9 Å². The highest BCUT2D eigenvalue weighted by molar-refractivity contribution is 7.99. The maximum atomic E-state index is 11.7. The normalized spacial score (nSPS) is 11.7. The lowest BCUT2D eigenvalue weighted by molar-refractivity contribution is -0.139. The van der Waals surface area contributed by atoms with Crippen LogP contribution in [0, 0.1) is 11.3 Å². The fraction of sp³-hybridized carbons (Fsp3) is 0.167. The van der Waals surface area contributed by atoms with Crippen molar-refractivity contribution in [1.29, 1.82) is 5.26 Å². The average molecular weight is 397 g/mol. The number of hydrogen-bond donors (Lipinski definition) is 3. The van der Waals surface area contributed by atoms with Crippen molar-refractivity contribution in [1.82, 2.24) is 19.9 Å². The SMILES string of the molecule is COC(=O)Cc1cc(=O)[nH]c(SC/C(O)=C(\C#N)c2nc3ccccc3[nH]2)n1. The Morgan fingerprint density at radius 2 is 2.11 bits per heavy atom. The Kier molecular flexibility index (Phi) is 5.76. The first-order chi connectivity index (χ1) is 13.5. The average Bonchev–Trinajstić information content (AvgIpc) is 3.10. The monoisotopic (exact) mass is 397 g/mol. The van der Waals surface area contributed by atoms with Crippen LogP contribution in [-0.2, 0) is 16.0 Å². The summed E-state index contributed by atoms with van der Waals surface area (Å²) in [5.74, 6) is -0.506. The lowest BCUT2D eigenvalue weighted by Crippen LogP contribution is -2.14. The molecule has 0 amide bonds. The predicted octanol–water partition coefficient (Wildman–Crippen LogP) is 1.95. The summed E-state index contributed by atoms with van der Waals surface area (Å²) >= 11 is 1.02. The summed E-state index contributed by atoms with van der Waals surface area (Å²) in [6, 6.07) is 10.4. The number of allylic oxidation sites excluding steroid dienone is 1. The van der Waals surface area contributed by atoms with Crippen LogP contribution in [0.1, 0.15) is 11.5 Å². The van der Waals surface area contributed by atoms with E-state index < -0.39 is 11.5 Å². The van der Waals surface area contributed by atoms with Gasteiger partial charge in [0.25, 0.3) is 5.56 Å². The Labute approximate surface area is 163 Å². The summed E-state index contributed by atoms with van der Waals surface area (Å²) in [7, 11) is 1.25. The highest BCUT2D eigenvalue weighted by Gasteiger charge is 2.14. The van der Waals surface area contributed by atoms with Crippen LogP contribution >= 0.6 is 11.8 Å². The van der Waals surface area contributed by atoms with Gasteiger partial charge in [-0.3, -0.25) is 9.59 Å². The van der Waals surface area contributed by atoms with Gasteiger partial charge in [0, 0.05) is 6.07 Å². The zero-order valence-corrected chi connectivity index (χ0v) is 15.5. The predicted molar refractivity (Wildman–Crippen MR) is 103 cm³/mol. The van der Waals surface area contributed by atoms with Crippen molar-refractivity contribution in [2.75, 3.05) is 12.9 Å². The van der Waals surface area contributed by atoms with Crippen molar-refractivity contribution in [2.45, 2.75) is 11.6 Å². The van der Waals surface area contributed by atoms with E-state index in [0.717, 1.165) is 17.3 Å². The van der Waals surface area contributed by atoms with E-state index in [1.807, 2.05) is 24.3 Å². The number of nitrogens with one attached hydrogen (secondary N) is 2. The number of para-hydroxylation sites is 2. The molecule has 0 aliphatic carbocycles. The number of aliphatic hydroxyl groups is 1. The molecule has 28 heavy (non-hydrogen) atoms. The van der Waals surface area contributed by atoms with Crippen LogP contribution in [0.5, 0.6) is 0 Å². The molecule has 0 bridgehead atoms. The second-order valence-electron chi connectivity index (χ2n) is 5.62. The number of aliphatic hydroxyl groups excluding tert-OH is 1. The number of nitrogens with zero attached hydrogens (tertiary/aromatic N) is 3. The van der Waals surface area contributed by atoms with Gasteiger partial charge in [-0.05, 0) is 12.1 Å². The zero-order valence-electron chi connectivity index (χ0n) is 14.7. The first kappa shape index (κ1) is 19.2. The number of nitriles is 1. The van der Waals surface area contributed by atoms with Crippen molar-refractivity contribution >= 4 is 34.3 Å². The number of aromatic amines is 2. The third kappa shape index (κ3) is 4.39. The number of imidazole rings is 1. The van der Waals surface area contributed by atoms with Crippen LogP contribution in [0.2, 0.25) is 0 Å². The Morgan fingerprint density at radius 3 is 2.82 bits per heavy atom. The number of rotatable bonds is 6. The number of benzene rings is 1. The zero-order chi connectivity index (χ0) is 20.1. The van der Waals surface area contributed by atoms with E-state index in [0.29, 0.717) is 5.52 Å². The Morgan fingerprint density at radius 1 is 1.32 bits per heavy atom. The molecule has 0 aliphatic heterocycles. The maximum absolute atomic E-state index is 11.7. The van der Waals surface area contributed by atoms with Gasteiger partial charge in [0.05, 0.1) is 36.0 Å². The molecule has 0 atom stereocenters. The van der Waals surface area contributed by atoms with Crippen molar-refractivity contribution in [3.63, 3.8) is 0 Å². The Bertz CT molecular complexity index is 1130. The first-order valence-electron chi connectivity index (χ1n) is 8.07. The number of carbonyl (C=O) groups is 1. The number of aromatic nitrogens is 4. The van der Waals surface area contributed by atoms with E-state index in [1.165, 1.54) is 13.2 Å². The topological polar surface area (TPSA) is 145 Å². The van der Waals surface area contributed by atoms with Crippen LogP contribution in [-0.4, -0.2) is 43.9 Å². The van der Waals surface area contributed by atoms with E-state index in [-0.39, 0.29) is 40.2 Å². The summed E-state index contributed by atoms with van der Waals surface area (Å²) in [6.07, 6.45) is -0.141. The van der Waals surface area contributed by atoms with Crippen LogP contribution in [0.25, 0.3) is 16.6 Å². The third-order valence-corrected chi connectivity index (χ3v) is 4.58. The molecule has 3 aromatic rings.